The summed E-state index contributed by atoms with van der Waals surface area (Å²) in [6.45, 7) is 1.69. The van der Waals surface area contributed by atoms with Gasteiger partial charge in [-0.25, -0.2) is 9.97 Å². The molecule has 7 heteroatoms. The molecule has 0 aliphatic rings. The van der Waals surface area contributed by atoms with Gasteiger partial charge in [-0.1, -0.05) is 0 Å². The van der Waals surface area contributed by atoms with Crippen molar-refractivity contribution >= 4 is 11.6 Å². The molecule has 0 saturated carbocycles. The second-order valence-corrected chi connectivity index (χ2v) is 2.75. The highest BCUT2D eigenvalue weighted by molar-refractivity contribution is 5.31. The van der Waals surface area contributed by atoms with Gasteiger partial charge in [0.2, 0.25) is 5.95 Å². The van der Waals surface area contributed by atoms with Gasteiger partial charge in [0.05, 0.1) is 11.5 Å². The molecule has 7 nitrogen and oxygen atoms in total. The fraction of sp³-hybridized carbons (Fsp3) is 0.429. The number of nitro groups is 1. The molecule has 0 saturated heterocycles. The first kappa shape index (κ1) is 10.3. The highest BCUT2D eigenvalue weighted by Crippen LogP contribution is 2.08. The molecule has 76 valence electrons. The van der Waals surface area contributed by atoms with E-state index in [9.17, 15) is 10.1 Å². The molecular weight excluding hydrogens is 188 g/mol. The standard InChI is InChI=1S/C7H10N4O3/c1-5(4-12)10-7-8-2-6(3-9-7)11(13)14/h2-3,5,12H,4H2,1H3,(H,8,9,10). The van der Waals surface area contributed by atoms with Crippen LogP contribution in [0, 0.1) is 10.1 Å². The maximum atomic E-state index is 10.3. The van der Waals surface area contributed by atoms with Crippen molar-refractivity contribution in [2.75, 3.05) is 11.9 Å². The van der Waals surface area contributed by atoms with Gasteiger partial charge in [-0.3, -0.25) is 10.1 Å². The highest BCUT2D eigenvalue weighted by Gasteiger charge is 2.07. The van der Waals surface area contributed by atoms with Gasteiger partial charge in [-0.05, 0) is 6.92 Å². The van der Waals surface area contributed by atoms with Crippen molar-refractivity contribution < 1.29 is 10.0 Å². The quantitative estimate of drug-likeness (QED) is 0.528. The van der Waals surface area contributed by atoms with Crippen molar-refractivity contribution in [3.63, 3.8) is 0 Å². The molecule has 1 aromatic rings. The summed E-state index contributed by atoms with van der Waals surface area (Å²) in [5.74, 6) is 0.261. The molecule has 0 bridgehead atoms. The molecule has 1 rings (SSSR count). The Morgan fingerprint density at radius 3 is 2.64 bits per heavy atom. The highest BCUT2D eigenvalue weighted by atomic mass is 16.6. The summed E-state index contributed by atoms with van der Waals surface area (Å²) >= 11 is 0. The van der Waals surface area contributed by atoms with Crippen molar-refractivity contribution in [2.24, 2.45) is 0 Å². The third-order valence-corrected chi connectivity index (χ3v) is 1.50. The fourth-order valence-corrected chi connectivity index (χ4v) is 0.756. The molecule has 0 fully saturated rings. The van der Waals surface area contributed by atoms with E-state index in [1.54, 1.807) is 6.92 Å². The van der Waals surface area contributed by atoms with Gasteiger partial charge in [0.15, 0.2) is 0 Å². The van der Waals surface area contributed by atoms with E-state index in [0.29, 0.717) is 0 Å². The number of aromatic nitrogens is 2. The van der Waals surface area contributed by atoms with Gasteiger partial charge >= 0.3 is 5.69 Å². The van der Waals surface area contributed by atoms with Crippen molar-refractivity contribution in [3.05, 3.63) is 22.5 Å². The van der Waals surface area contributed by atoms with Crippen LogP contribution in [0.3, 0.4) is 0 Å². The van der Waals surface area contributed by atoms with E-state index < -0.39 is 4.92 Å². The average molecular weight is 198 g/mol. The number of aliphatic hydroxyl groups is 1. The number of aliphatic hydroxyl groups excluding tert-OH is 1. The number of hydrogen-bond acceptors (Lipinski definition) is 6. The summed E-state index contributed by atoms with van der Waals surface area (Å²) in [5, 5.41) is 21.7. The minimum absolute atomic E-state index is 0.0552. The maximum absolute atomic E-state index is 10.3. The number of anilines is 1. The number of rotatable bonds is 4. The Hall–Kier alpha value is -1.76. The van der Waals surface area contributed by atoms with Crippen LogP contribution in [0.25, 0.3) is 0 Å². The molecule has 0 aliphatic heterocycles. The molecule has 1 unspecified atom stereocenters. The summed E-state index contributed by atoms with van der Waals surface area (Å²) in [5.41, 5.74) is -0.160. The predicted octanol–water partition coefficient (Wildman–Crippen LogP) is 0.177. The van der Waals surface area contributed by atoms with Gasteiger partial charge < -0.3 is 10.4 Å². The third kappa shape index (κ3) is 2.63. The molecule has 0 aliphatic carbocycles. The lowest BCUT2D eigenvalue weighted by molar-refractivity contribution is -0.385. The first-order valence-corrected chi connectivity index (χ1v) is 3.97. The second-order valence-electron chi connectivity index (χ2n) is 2.75. The summed E-state index contributed by atoms with van der Waals surface area (Å²) in [6, 6.07) is -0.184. The Morgan fingerprint density at radius 1 is 1.64 bits per heavy atom. The SMILES string of the molecule is CC(CO)Nc1ncc([N+](=O)[O-])cn1. The van der Waals surface area contributed by atoms with Crippen LogP contribution in [-0.4, -0.2) is 32.6 Å². The Morgan fingerprint density at radius 2 is 2.21 bits per heavy atom. The van der Waals surface area contributed by atoms with E-state index in [-0.39, 0.29) is 24.3 Å². The van der Waals surface area contributed by atoms with E-state index in [4.69, 9.17) is 5.11 Å². The zero-order chi connectivity index (χ0) is 10.6. The lowest BCUT2D eigenvalue weighted by Crippen LogP contribution is -2.20. The van der Waals surface area contributed by atoms with Crippen molar-refractivity contribution in [1.29, 1.82) is 0 Å². The molecular formula is C7H10N4O3. The maximum Gasteiger partial charge on any atom is 0.305 e. The van der Waals surface area contributed by atoms with Gasteiger partial charge in [0, 0.05) is 6.04 Å². The summed E-state index contributed by atoms with van der Waals surface area (Å²) < 4.78 is 0. The molecule has 0 amide bonds. The zero-order valence-electron chi connectivity index (χ0n) is 7.54. The van der Waals surface area contributed by atoms with Crippen LogP contribution >= 0.6 is 0 Å². The summed E-state index contributed by atoms with van der Waals surface area (Å²) in [7, 11) is 0. The molecule has 0 aromatic carbocycles. The fourth-order valence-electron chi connectivity index (χ4n) is 0.756. The minimum Gasteiger partial charge on any atom is -0.394 e. The van der Waals surface area contributed by atoms with Crippen LogP contribution in [0.15, 0.2) is 12.4 Å². The van der Waals surface area contributed by atoms with Crippen molar-refractivity contribution in [3.8, 4) is 0 Å². The molecule has 14 heavy (non-hydrogen) atoms. The van der Waals surface area contributed by atoms with Crippen molar-refractivity contribution in [1.82, 2.24) is 9.97 Å². The molecule has 2 N–H and O–H groups in total. The van der Waals surface area contributed by atoms with Gasteiger partial charge in [-0.15, -0.1) is 0 Å². The Balaban J connectivity index is 2.68. The monoisotopic (exact) mass is 198 g/mol. The van der Waals surface area contributed by atoms with Crippen LogP contribution in [0.1, 0.15) is 6.92 Å². The van der Waals surface area contributed by atoms with E-state index in [2.05, 4.69) is 15.3 Å². The normalized spacial score (nSPS) is 12.1. The Kier molecular flexibility index (Phi) is 3.29. The Bertz CT molecular complexity index is 313. The second kappa shape index (κ2) is 4.47. The van der Waals surface area contributed by atoms with Crippen LogP contribution in [-0.2, 0) is 0 Å². The predicted molar refractivity (Wildman–Crippen MR) is 48.9 cm³/mol. The lowest BCUT2D eigenvalue weighted by Gasteiger charge is -2.08. The van der Waals surface area contributed by atoms with Gasteiger partial charge in [-0.2, -0.15) is 0 Å². The largest absolute Gasteiger partial charge is 0.394 e. The molecule has 1 aromatic heterocycles. The van der Waals surface area contributed by atoms with Crippen LogP contribution in [0.2, 0.25) is 0 Å². The van der Waals surface area contributed by atoms with Crippen LogP contribution in [0.4, 0.5) is 11.6 Å². The molecule has 0 spiro atoms. The Labute approximate surface area is 80.0 Å². The van der Waals surface area contributed by atoms with Crippen LogP contribution < -0.4 is 5.32 Å². The summed E-state index contributed by atoms with van der Waals surface area (Å²) in [4.78, 5) is 17.1. The van der Waals surface area contributed by atoms with Crippen molar-refractivity contribution in [2.45, 2.75) is 13.0 Å². The van der Waals surface area contributed by atoms with E-state index in [0.717, 1.165) is 12.4 Å². The third-order valence-electron chi connectivity index (χ3n) is 1.50. The number of nitrogens with one attached hydrogen (secondary N) is 1. The zero-order valence-corrected chi connectivity index (χ0v) is 7.54. The number of hydrogen-bond donors (Lipinski definition) is 2. The lowest BCUT2D eigenvalue weighted by atomic mass is 10.4. The summed E-state index contributed by atoms with van der Waals surface area (Å²) in [6.07, 6.45) is 2.22. The van der Waals surface area contributed by atoms with E-state index >= 15 is 0 Å². The molecule has 0 radical (unpaired) electrons. The van der Waals surface area contributed by atoms with E-state index in [1.165, 1.54) is 0 Å². The van der Waals surface area contributed by atoms with Gasteiger partial charge in [0.1, 0.15) is 12.4 Å². The first-order chi connectivity index (χ1) is 6.63. The molecule has 1 atom stereocenters. The topological polar surface area (TPSA) is 101 Å². The minimum atomic E-state index is -0.570. The number of nitrogens with zero attached hydrogens (tertiary/aromatic N) is 3. The first-order valence-electron chi connectivity index (χ1n) is 3.97. The van der Waals surface area contributed by atoms with E-state index in [1.807, 2.05) is 0 Å². The average Bonchev–Trinajstić information content (AvgIpc) is 2.18. The smallest absolute Gasteiger partial charge is 0.305 e. The molecule has 1 heterocycles. The van der Waals surface area contributed by atoms with Crippen LogP contribution in [0.5, 0.6) is 0 Å². The van der Waals surface area contributed by atoms with Gasteiger partial charge in [0.25, 0.3) is 0 Å².